The smallest absolute Gasteiger partial charge is 0.253 e. The average Bonchev–Trinajstić information content (AvgIpc) is 3.41. The molecule has 1 aromatic heterocycles. The lowest BCUT2D eigenvalue weighted by Crippen LogP contribution is -2.51. The van der Waals surface area contributed by atoms with Gasteiger partial charge in [-0.1, -0.05) is 12.8 Å². The molecular formula is C19H23N5O2. The molecule has 2 heterocycles. The first-order chi connectivity index (χ1) is 12.7. The van der Waals surface area contributed by atoms with E-state index in [0.717, 1.165) is 18.5 Å². The van der Waals surface area contributed by atoms with Gasteiger partial charge in [-0.2, -0.15) is 5.10 Å². The van der Waals surface area contributed by atoms with Gasteiger partial charge in [-0.05, 0) is 37.1 Å². The number of nitrogens with zero attached hydrogens (tertiary/aromatic N) is 5. The molecule has 0 bridgehead atoms. The molecule has 0 radical (unpaired) electrons. The van der Waals surface area contributed by atoms with Crippen molar-refractivity contribution in [2.24, 2.45) is 5.92 Å². The Bertz CT molecular complexity index is 758. The molecule has 2 aromatic rings. The standard InChI is InChI=1S/C19H23N5O2/c25-18(15-3-1-2-4-15)22-9-11-23(12-10-22)19(26)16-5-7-17(8-6-16)24-14-20-13-21-24/h5-8,13-15H,1-4,9-12H2. The number of aromatic nitrogens is 3. The van der Waals surface area contributed by atoms with Crippen molar-refractivity contribution in [2.75, 3.05) is 26.2 Å². The molecule has 7 nitrogen and oxygen atoms in total. The molecular weight excluding hydrogens is 330 g/mol. The zero-order chi connectivity index (χ0) is 17.9. The highest BCUT2D eigenvalue weighted by atomic mass is 16.2. The summed E-state index contributed by atoms with van der Waals surface area (Å²) in [6, 6.07) is 7.36. The van der Waals surface area contributed by atoms with Gasteiger partial charge in [0.1, 0.15) is 12.7 Å². The van der Waals surface area contributed by atoms with Crippen LogP contribution in [0.2, 0.25) is 0 Å². The van der Waals surface area contributed by atoms with Gasteiger partial charge < -0.3 is 9.80 Å². The molecule has 0 N–H and O–H groups in total. The summed E-state index contributed by atoms with van der Waals surface area (Å²) in [5.74, 6) is 0.511. The van der Waals surface area contributed by atoms with Gasteiger partial charge in [0.05, 0.1) is 5.69 Å². The fraction of sp³-hybridized carbons (Fsp3) is 0.474. The molecule has 26 heavy (non-hydrogen) atoms. The molecule has 2 aliphatic rings. The molecule has 4 rings (SSSR count). The maximum atomic E-state index is 12.7. The lowest BCUT2D eigenvalue weighted by molar-refractivity contribution is -0.136. The number of rotatable bonds is 3. The molecule has 1 aliphatic carbocycles. The number of carbonyl (C=O) groups excluding carboxylic acids is 2. The molecule has 7 heteroatoms. The summed E-state index contributed by atoms with van der Waals surface area (Å²) < 4.78 is 1.65. The lowest BCUT2D eigenvalue weighted by Gasteiger charge is -2.36. The minimum absolute atomic E-state index is 0.0168. The molecule has 1 aromatic carbocycles. The SMILES string of the molecule is O=C(c1ccc(-n2cncn2)cc1)N1CCN(C(=O)C2CCCC2)CC1. The van der Waals surface area contributed by atoms with Gasteiger partial charge in [-0.3, -0.25) is 9.59 Å². The van der Waals surface area contributed by atoms with E-state index in [0.29, 0.717) is 31.7 Å². The maximum Gasteiger partial charge on any atom is 0.253 e. The maximum absolute atomic E-state index is 12.7. The van der Waals surface area contributed by atoms with Crippen molar-refractivity contribution in [3.8, 4) is 5.69 Å². The summed E-state index contributed by atoms with van der Waals surface area (Å²) >= 11 is 0. The van der Waals surface area contributed by atoms with Gasteiger partial charge in [0, 0.05) is 37.7 Å². The summed E-state index contributed by atoms with van der Waals surface area (Å²) in [7, 11) is 0. The van der Waals surface area contributed by atoms with Crippen LogP contribution in [-0.2, 0) is 4.79 Å². The zero-order valence-corrected chi connectivity index (χ0v) is 14.8. The molecule has 1 aliphatic heterocycles. The van der Waals surface area contributed by atoms with E-state index in [1.165, 1.54) is 19.2 Å². The fourth-order valence-electron chi connectivity index (χ4n) is 3.84. The minimum Gasteiger partial charge on any atom is -0.339 e. The van der Waals surface area contributed by atoms with E-state index >= 15 is 0 Å². The van der Waals surface area contributed by atoms with Crippen molar-refractivity contribution in [2.45, 2.75) is 25.7 Å². The van der Waals surface area contributed by atoms with Crippen LogP contribution in [0.25, 0.3) is 5.69 Å². The quantitative estimate of drug-likeness (QED) is 0.843. The second kappa shape index (κ2) is 7.27. The topological polar surface area (TPSA) is 71.3 Å². The third kappa shape index (κ3) is 3.34. The molecule has 2 amide bonds. The second-order valence-corrected chi connectivity index (χ2v) is 6.99. The Morgan fingerprint density at radius 2 is 1.58 bits per heavy atom. The summed E-state index contributed by atoms with van der Waals surface area (Å²) in [5.41, 5.74) is 1.52. The van der Waals surface area contributed by atoms with Gasteiger partial charge in [0.15, 0.2) is 0 Å². The number of hydrogen-bond donors (Lipinski definition) is 0. The van der Waals surface area contributed by atoms with Crippen molar-refractivity contribution >= 4 is 11.8 Å². The van der Waals surface area contributed by atoms with Crippen LogP contribution in [0.5, 0.6) is 0 Å². The van der Waals surface area contributed by atoms with Gasteiger partial charge in [0.25, 0.3) is 5.91 Å². The highest BCUT2D eigenvalue weighted by Gasteiger charge is 2.30. The molecule has 0 atom stereocenters. The average molecular weight is 353 g/mol. The first-order valence-electron chi connectivity index (χ1n) is 9.25. The fourth-order valence-corrected chi connectivity index (χ4v) is 3.84. The van der Waals surface area contributed by atoms with E-state index < -0.39 is 0 Å². The molecule has 2 fully saturated rings. The molecule has 0 unspecified atom stereocenters. The van der Waals surface area contributed by atoms with E-state index in [2.05, 4.69) is 10.1 Å². The van der Waals surface area contributed by atoms with Gasteiger partial charge >= 0.3 is 0 Å². The largest absolute Gasteiger partial charge is 0.339 e. The summed E-state index contributed by atoms with van der Waals surface area (Å²) in [4.78, 5) is 32.9. The van der Waals surface area contributed by atoms with Crippen LogP contribution in [-0.4, -0.2) is 62.6 Å². The normalized spacial score (nSPS) is 18.3. The van der Waals surface area contributed by atoms with Crippen LogP contribution < -0.4 is 0 Å². The van der Waals surface area contributed by atoms with Crippen LogP contribution in [0.15, 0.2) is 36.9 Å². The van der Waals surface area contributed by atoms with Crippen molar-refractivity contribution in [1.82, 2.24) is 24.6 Å². The van der Waals surface area contributed by atoms with E-state index in [4.69, 9.17) is 0 Å². The van der Waals surface area contributed by atoms with Crippen molar-refractivity contribution in [3.05, 3.63) is 42.5 Å². The molecule has 1 saturated heterocycles. The van der Waals surface area contributed by atoms with E-state index in [1.54, 1.807) is 11.0 Å². The first-order valence-corrected chi connectivity index (χ1v) is 9.25. The summed E-state index contributed by atoms with van der Waals surface area (Å²) in [6.07, 6.45) is 7.48. The number of hydrogen-bond acceptors (Lipinski definition) is 4. The number of piperazine rings is 1. The van der Waals surface area contributed by atoms with Crippen LogP contribution in [0.4, 0.5) is 0 Å². The van der Waals surface area contributed by atoms with Crippen molar-refractivity contribution in [1.29, 1.82) is 0 Å². The van der Waals surface area contributed by atoms with Crippen LogP contribution in [0.3, 0.4) is 0 Å². The Morgan fingerprint density at radius 1 is 0.923 bits per heavy atom. The van der Waals surface area contributed by atoms with Crippen LogP contribution >= 0.6 is 0 Å². The van der Waals surface area contributed by atoms with Crippen LogP contribution in [0.1, 0.15) is 36.0 Å². The summed E-state index contributed by atoms with van der Waals surface area (Å²) in [5, 5.41) is 4.08. The predicted molar refractivity (Wildman–Crippen MR) is 95.8 cm³/mol. The second-order valence-electron chi connectivity index (χ2n) is 6.99. The van der Waals surface area contributed by atoms with Gasteiger partial charge in [-0.15, -0.1) is 0 Å². The molecule has 136 valence electrons. The van der Waals surface area contributed by atoms with E-state index in [9.17, 15) is 9.59 Å². The Kier molecular flexibility index (Phi) is 4.69. The monoisotopic (exact) mass is 353 g/mol. The third-order valence-electron chi connectivity index (χ3n) is 5.38. The Labute approximate surface area is 152 Å². The Morgan fingerprint density at radius 3 is 2.19 bits per heavy atom. The number of benzene rings is 1. The van der Waals surface area contributed by atoms with E-state index in [1.807, 2.05) is 34.1 Å². The Balaban J connectivity index is 1.35. The number of carbonyl (C=O) groups is 2. The van der Waals surface area contributed by atoms with Crippen molar-refractivity contribution in [3.63, 3.8) is 0 Å². The highest BCUT2D eigenvalue weighted by molar-refractivity contribution is 5.94. The third-order valence-corrected chi connectivity index (χ3v) is 5.38. The Hall–Kier alpha value is -2.70. The van der Waals surface area contributed by atoms with Crippen molar-refractivity contribution < 1.29 is 9.59 Å². The first kappa shape index (κ1) is 16.8. The molecule has 1 saturated carbocycles. The predicted octanol–water partition coefficient (Wildman–Crippen LogP) is 1.74. The van der Waals surface area contributed by atoms with E-state index in [-0.39, 0.29) is 17.7 Å². The minimum atomic E-state index is 0.0168. The number of amides is 2. The van der Waals surface area contributed by atoms with Gasteiger partial charge in [0.2, 0.25) is 5.91 Å². The molecule has 0 spiro atoms. The highest BCUT2D eigenvalue weighted by Crippen LogP contribution is 2.27. The zero-order valence-electron chi connectivity index (χ0n) is 14.8. The lowest BCUT2D eigenvalue weighted by atomic mass is 10.1. The van der Waals surface area contributed by atoms with Crippen LogP contribution in [0, 0.1) is 5.92 Å². The summed E-state index contributed by atoms with van der Waals surface area (Å²) in [6.45, 7) is 2.47. The van der Waals surface area contributed by atoms with Gasteiger partial charge in [-0.25, -0.2) is 9.67 Å².